The lowest BCUT2D eigenvalue weighted by Gasteiger charge is -2.15. The smallest absolute Gasteiger partial charge is 0.120 e. The highest BCUT2D eigenvalue weighted by molar-refractivity contribution is 6.31. The third-order valence-corrected chi connectivity index (χ3v) is 3.89. The molecular weight excluding hydrogens is 276 g/mol. The molecule has 1 aliphatic heterocycles. The van der Waals surface area contributed by atoms with Crippen LogP contribution in [0.3, 0.4) is 0 Å². The molecule has 2 aromatic carbocycles. The fourth-order valence-electron chi connectivity index (χ4n) is 2.40. The fraction of sp³-hybridized carbons (Fsp3) is 0.250. The second-order valence-corrected chi connectivity index (χ2v) is 5.22. The molecule has 1 N–H and O–H groups in total. The summed E-state index contributed by atoms with van der Waals surface area (Å²) in [4.78, 5) is 0. The molecule has 3 rings (SSSR count). The van der Waals surface area contributed by atoms with Gasteiger partial charge in [0.15, 0.2) is 0 Å². The van der Waals surface area contributed by atoms with Gasteiger partial charge in [0, 0.05) is 5.56 Å². The first kappa shape index (κ1) is 13.4. The predicted octanol–water partition coefficient (Wildman–Crippen LogP) is 3.46. The van der Waals surface area contributed by atoms with E-state index in [0.717, 1.165) is 11.1 Å². The van der Waals surface area contributed by atoms with Crippen LogP contribution in [0.4, 0.5) is 0 Å². The molecule has 0 fully saturated rings. The molecule has 0 bridgehead atoms. The van der Waals surface area contributed by atoms with Gasteiger partial charge in [-0.25, -0.2) is 0 Å². The third kappa shape index (κ3) is 2.40. The lowest BCUT2D eigenvalue weighted by atomic mass is 9.98. The van der Waals surface area contributed by atoms with E-state index in [0.29, 0.717) is 29.5 Å². The highest BCUT2D eigenvalue weighted by Gasteiger charge is 2.18. The number of hydrogen-bond donors (Lipinski definition) is 1. The summed E-state index contributed by atoms with van der Waals surface area (Å²) in [5.41, 5.74) is 3.81. The van der Waals surface area contributed by atoms with Gasteiger partial charge in [-0.3, -0.25) is 0 Å². The van der Waals surface area contributed by atoms with E-state index in [-0.39, 0.29) is 0 Å². The van der Waals surface area contributed by atoms with Gasteiger partial charge in [-0.05, 0) is 28.8 Å². The first-order valence-corrected chi connectivity index (χ1v) is 6.78. The van der Waals surface area contributed by atoms with Crippen LogP contribution < -0.4 is 4.74 Å². The first-order valence-electron chi connectivity index (χ1n) is 6.40. The van der Waals surface area contributed by atoms with Gasteiger partial charge in [0.25, 0.3) is 0 Å². The van der Waals surface area contributed by atoms with Crippen LogP contribution in [0.5, 0.6) is 5.75 Å². The summed E-state index contributed by atoms with van der Waals surface area (Å²) in [6.45, 7) is 1.25. The number of aliphatic hydroxyl groups is 1. The second kappa shape index (κ2) is 5.44. The van der Waals surface area contributed by atoms with Gasteiger partial charge >= 0.3 is 0 Å². The minimum atomic E-state index is -0.751. The van der Waals surface area contributed by atoms with Crippen molar-refractivity contribution in [3.05, 3.63) is 63.7 Å². The van der Waals surface area contributed by atoms with Crippen molar-refractivity contribution < 1.29 is 14.6 Å². The summed E-state index contributed by atoms with van der Waals surface area (Å²) in [7, 11) is 1.59. The maximum absolute atomic E-state index is 10.5. The molecule has 1 aliphatic rings. The number of ether oxygens (including phenoxy) is 2. The van der Waals surface area contributed by atoms with E-state index < -0.39 is 6.10 Å². The zero-order valence-electron chi connectivity index (χ0n) is 11.1. The zero-order valence-corrected chi connectivity index (χ0v) is 11.9. The molecule has 0 aromatic heterocycles. The molecule has 2 aromatic rings. The summed E-state index contributed by atoms with van der Waals surface area (Å²) in [5.74, 6) is 0.674. The zero-order chi connectivity index (χ0) is 14.1. The van der Waals surface area contributed by atoms with E-state index in [1.165, 1.54) is 5.56 Å². The maximum atomic E-state index is 10.5. The standard InChI is InChI=1S/C16H15ClO3/c1-19-13-4-5-14(15(17)7-13)16(18)10-2-3-11-8-20-9-12(11)6-10/h2-7,16,18H,8-9H2,1H3. The largest absolute Gasteiger partial charge is 0.497 e. The molecule has 1 heterocycles. The Morgan fingerprint density at radius 2 is 1.95 bits per heavy atom. The number of aliphatic hydroxyl groups excluding tert-OH is 1. The molecule has 0 saturated carbocycles. The average molecular weight is 291 g/mol. The van der Waals surface area contributed by atoms with Crippen molar-refractivity contribution in [2.45, 2.75) is 19.3 Å². The van der Waals surface area contributed by atoms with Gasteiger partial charge in [-0.2, -0.15) is 0 Å². The van der Waals surface area contributed by atoms with E-state index in [9.17, 15) is 5.11 Å². The van der Waals surface area contributed by atoms with Crippen molar-refractivity contribution in [1.29, 1.82) is 0 Å². The summed E-state index contributed by atoms with van der Waals surface area (Å²) >= 11 is 6.21. The Morgan fingerprint density at radius 1 is 1.15 bits per heavy atom. The SMILES string of the molecule is COc1ccc(C(O)c2ccc3c(c2)COC3)c(Cl)c1. The molecule has 0 saturated heterocycles. The van der Waals surface area contributed by atoms with Crippen molar-refractivity contribution in [2.75, 3.05) is 7.11 Å². The summed E-state index contributed by atoms with van der Waals surface area (Å²) < 4.78 is 10.5. The number of fused-ring (bicyclic) bond motifs is 1. The van der Waals surface area contributed by atoms with Crippen molar-refractivity contribution in [2.24, 2.45) is 0 Å². The third-order valence-electron chi connectivity index (χ3n) is 3.56. The van der Waals surface area contributed by atoms with E-state index in [1.54, 1.807) is 25.3 Å². The lowest BCUT2D eigenvalue weighted by molar-refractivity contribution is 0.134. The topological polar surface area (TPSA) is 38.7 Å². The monoisotopic (exact) mass is 290 g/mol. The highest BCUT2D eigenvalue weighted by Crippen LogP contribution is 2.32. The molecule has 0 radical (unpaired) electrons. The summed E-state index contributed by atoms with van der Waals surface area (Å²) in [6, 6.07) is 11.2. The number of methoxy groups -OCH3 is 1. The average Bonchev–Trinajstić information content (AvgIpc) is 2.93. The number of halogens is 1. The number of hydrogen-bond acceptors (Lipinski definition) is 3. The Balaban J connectivity index is 1.94. The Labute approximate surface area is 122 Å². The molecule has 3 nitrogen and oxygen atoms in total. The molecule has 0 amide bonds. The molecule has 0 aliphatic carbocycles. The molecule has 1 unspecified atom stereocenters. The highest BCUT2D eigenvalue weighted by atomic mass is 35.5. The van der Waals surface area contributed by atoms with Crippen LogP contribution in [0.25, 0.3) is 0 Å². The van der Waals surface area contributed by atoms with Crippen LogP contribution in [0.15, 0.2) is 36.4 Å². The second-order valence-electron chi connectivity index (χ2n) is 4.81. The normalized spacial score (nSPS) is 14.9. The van der Waals surface area contributed by atoms with Gasteiger partial charge in [0.05, 0.1) is 25.3 Å². The maximum Gasteiger partial charge on any atom is 0.120 e. The van der Waals surface area contributed by atoms with Crippen LogP contribution in [0.1, 0.15) is 28.4 Å². The van der Waals surface area contributed by atoms with E-state index in [1.807, 2.05) is 18.2 Å². The summed E-state index contributed by atoms with van der Waals surface area (Å²) in [5, 5.41) is 11.0. The predicted molar refractivity (Wildman–Crippen MR) is 77.0 cm³/mol. The molecule has 1 atom stereocenters. The van der Waals surface area contributed by atoms with Gasteiger partial charge in [0.1, 0.15) is 11.9 Å². The molecule has 4 heteroatoms. The number of benzene rings is 2. The number of rotatable bonds is 3. The van der Waals surface area contributed by atoms with Crippen molar-refractivity contribution in [1.82, 2.24) is 0 Å². The Hall–Kier alpha value is -1.55. The van der Waals surface area contributed by atoms with Crippen LogP contribution in [-0.2, 0) is 18.0 Å². The van der Waals surface area contributed by atoms with Gasteiger partial charge in [-0.1, -0.05) is 35.9 Å². The van der Waals surface area contributed by atoms with Crippen molar-refractivity contribution in [3.63, 3.8) is 0 Å². The van der Waals surface area contributed by atoms with Crippen molar-refractivity contribution >= 4 is 11.6 Å². The minimum Gasteiger partial charge on any atom is -0.497 e. The summed E-state index contributed by atoms with van der Waals surface area (Å²) in [6.07, 6.45) is -0.751. The molecular formula is C16H15ClO3. The fourth-order valence-corrected chi connectivity index (χ4v) is 2.67. The Kier molecular flexibility index (Phi) is 3.66. The first-order chi connectivity index (χ1) is 9.69. The quantitative estimate of drug-likeness (QED) is 0.941. The van der Waals surface area contributed by atoms with Crippen LogP contribution >= 0.6 is 11.6 Å². The molecule has 20 heavy (non-hydrogen) atoms. The molecule has 104 valence electrons. The van der Waals surface area contributed by atoms with Gasteiger partial charge in [0.2, 0.25) is 0 Å². The Bertz CT molecular complexity index is 640. The van der Waals surface area contributed by atoms with Crippen LogP contribution in [0.2, 0.25) is 5.02 Å². The van der Waals surface area contributed by atoms with E-state index in [4.69, 9.17) is 21.1 Å². The molecule has 0 spiro atoms. The Morgan fingerprint density at radius 3 is 2.70 bits per heavy atom. The van der Waals surface area contributed by atoms with Crippen LogP contribution in [0, 0.1) is 0 Å². The van der Waals surface area contributed by atoms with Gasteiger partial charge in [-0.15, -0.1) is 0 Å². The minimum absolute atomic E-state index is 0.494. The van der Waals surface area contributed by atoms with Crippen molar-refractivity contribution in [3.8, 4) is 5.75 Å². The van der Waals surface area contributed by atoms with Crippen LogP contribution in [-0.4, -0.2) is 12.2 Å². The van der Waals surface area contributed by atoms with E-state index >= 15 is 0 Å². The van der Waals surface area contributed by atoms with E-state index in [2.05, 4.69) is 0 Å². The van der Waals surface area contributed by atoms with Gasteiger partial charge < -0.3 is 14.6 Å². The lowest BCUT2D eigenvalue weighted by Crippen LogP contribution is -2.02.